The molecule has 0 aliphatic rings. The summed E-state index contributed by atoms with van der Waals surface area (Å²) in [4.78, 5) is 18.5. The monoisotopic (exact) mass is 401 g/mol. The molecule has 0 saturated carbocycles. The first-order valence-corrected chi connectivity index (χ1v) is 10.0. The van der Waals surface area contributed by atoms with E-state index in [1.165, 1.54) is 11.8 Å². The van der Waals surface area contributed by atoms with E-state index in [0.29, 0.717) is 40.5 Å². The zero-order valence-electron chi connectivity index (χ0n) is 15.2. The number of halogens is 1. The predicted octanol–water partition coefficient (Wildman–Crippen LogP) is 3.94. The fourth-order valence-corrected chi connectivity index (χ4v) is 3.62. The maximum atomic E-state index is 12.4. The van der Waals surface area contributed by atoms with E-state index in [1.54, 1.807) is 11.1 Å². The third kappa shape index (κ3) is 4.48. The smallest absolute Gasteiger partial charge is 0.233 e. The Balaban J connectivity index is 1.95. The Hall–Kier alpha value is -2.38. The number of rotatable bonds is 7. The summed E-state index contributed by atoms with van der Waals surface area (Å²) in [6.07, 6.45) is 1.72. The Bertz CT molecular complexity index is 894. The molecule has 3 rings (SSSR count). The van der Waals surface area contributed by atoms with Gasteiger partial charge in [-0.3, -0.25) is 14.3 Å². The molecule has 1 amide bonds. The Kier molecular flexibility index (Phi) is 6.47. The largest absolute Gasteiger partial charge is 0.343 e. The normalized spacial score (nSPS) is 10.8. The third-order valence-corrected chi connectivity index (χ3v) is 5.22. The minimum Gasteiger partial charge on any atom is -0.343 e. The van der Waals surface area contributed by atoms with Gasteiger partial charge >= 0.3 is 0 Å². The molecule has 6 nitrogen and oxygen atoms in total. The zero-order chi connectivity index (χ0) is 19.2. The molecule has 0 N–H and O–H groups in total. The summed E-state index contributed by atoms with van der Waals surface area (Å²) >= 11 is 7.40. The molecule has 0 bridgehead atoms. The standard InChI is InChI=1S/C19H20ClN5OS/c1-3-24(4-2)17(26)13-27-19-23-22-18(16-7-5-6-12-21-16)25(19)15-10-8-14(20)9-11-15/h5-12H,3-4,13H2,1-2H3. The number of nitrogens with zero attached hydrogens (tertiary/aromatic N) is 5. The van der Waals surface area contributed by atoms with Crippen LogP contribution >= 0.6 is 23.4 Å². The van der Waals surface area contributed by atoms with Crippen molar-refractivity contribution in [3.63, 3.8) is 0 Å². The molecule has 0 aliphatic heterocycles. The number of hydrogen-bond acceptors (Lipinski definition) is 5. The number of amides is 1. The molecule has 1 aromatic carbocycles. The molecule has 0 unspecified atom stereocenters. The van der Waals surface area contributed by atoms with Crippen molar-refractivity contribution in [2.75, 3.05) is 18.8 Å². The summed E-state index contributed by atoms with van der Waals surface area (Å²) in [7, 11) is 0. The minimum atomic E-state index is 0.0787. The van der Waals surface area contributed by atoms with Crippen molar-refractivity contribution in [3.05, 3.63) is 53.7 Å². The van der Waals surface area contributed by atoms with Crippen LogP contribution in [0, 0.1) is 0 Å². The van der Waals surface area contributed by atoms with Crippen molar-refractivity contribution in [1.29, 1.82) is 0 Å². The molecule has 0 spiro atoms. The van der Waals surface area contributed by atoms with Crippen LogP contribution in [-0.4, -0.2) is 49.4 Å². The van der Waals surface area contributed by atoms with Crippen molar-refractivity contribution < 1.29 is 4.79 Å². The van der Waals surface area contributed by atoms with Crippen LogP contribution in [0.5, 0.6) is 0 Å². The van der Waals surface area contributed by atoms with Crippen molar-refractivity contribution in [3.8, 4) is 17.2 Å². The van der Waals surface area contributed by atoms with Gasteiger partial charge in [-0.2, -0.15) is 0 Å². The van der Waals surface area contributed by atoms with Crippen molar-refractivity contribution in [2.45, 2.75) is 19.0 Å². The Morgan fingerprint density at radius 2 is 1.85 bits per heavy atom. The molecule has 140 valence electrons. The van der Waals surface area contributed by atoms with E-state index in [4.69, 9.17) is 11.6 Å². The highest BCUT2D eigenvalue weighted by Crippen LogP contribution is 2.27. The van der Waals surface area contributed by atoms with Crippen LogP contribution in [0.4, 0.5) is 0 Å². The van der Waals surface area contributed by atoms with Crippen molar-refractivity contribution in [2.24, 2.45) is 0 Å². The Morgan fingerprint density at radius 1 is 1.11 bits per heavy atom. The molecule has 0 radical (unpaired) electrons. The van der Waals surface area contributed by atoms with Gasteiger partial charge in [-0.05, 0) is 50.2 Å². The van der Waals surface area contributed by atoms with E-state index in [-0.39, 0.29) is 5.91 Å². The molecular weight excluding hydrogens is 382 g/mol. The Morgan fingerprint density at radius 3 is 2.48 bits per heavy atom. The lowest BCUT2D eigenvalue weighted by atomic mass is 10.3. The summed E-state index contributed by atoms with van der Waals surface area (Å²) in [5.41, 5.74) is 1.57. The molecule has 8 heteroatoms. The number of carbonyl (C=O) groups excluding carboxylic acids is 1. The van der Waals surface area contributed by atoms with Gasteiger partial charge in [0.15, 0.2) is 11.0 Å². The molecule has 0 aliphatic carbocycles. The lowest BCUT2D eigenvalue weighted by Gasteiger charge is -2.18. The first-order chi connectivity index (χ1) is 13.1. The average Bonchev–Trinajstić information content (AvgIpc) is 3.12. The second-order valence-electron chi connectivity index (χ2n) is 5.69. The fourth-order valence-electron chi connectivity index (χ4n) is 2.64. The summed E-state index contributed by atoms with van der Waals surface area (Å²) in [5, 5.41) is 9.91. The van der Waals surface area contributed by atoms with Gasteiger partial charge in [-0.15, -0.1) is 10.2 Å². The van der Waals surface area contributed by atoms with Crippen LogP contribution in [0.15, 0.2) is 53.8 Å². The van der Waals surface area contributed by atoms with E-state index in [9.17, 15) is 4.79 Å². The number of hydrogen-bond donors (Lipinski definition) is 0. The highest BCUT2D eigenvalue weighted by atomic mass is 35.5. The minimum absolute atomic E-state index is 0.0787. The van der Waals surface area contributed by atoms with Crippen molar-refractivity contribution in [1.82, 2.24) is 24.6 Å². The third-order valence-electron chi connectivity index (χ3n) is 4.05. The highest BCUT2D eigenvalue weighted by Gasteiger charge is 2.19. The van der Waals surface area contributed by atoms with Crippen LogP contribution in [0.3, 0.4) is 0 Å². The summed E-state index contributed by atoms with van der Waals surface area (Å²) < 4.78 is 1.90. The summed E-state index contributed by atoms with van der Waals surface area (Å²) in [5.74, 6) is 1.00. The maximum Gasteiger partial charge on any atom is 0.233 e. The lowest BCUT2D eigenvalue weighted by molar-refractivity contribution is -0.127. The van der Waals surface area contributed by atoms with Gasteiger partial charge in [0.1, 0.15) is 5.69 Å². The highest BCUT2D eigenvalue weighted by molar-refractivity contribution is 7.99. The van der Waals surface area contributed by atoms with Gasteiger partial charge in [0, 0.05) is 30.0 Å². The predicted molar refractivity (Wildman–Crippen MR) is 108 cm³/mol. The molecular formula is C19H20ClN5OS. The van der Waals surface area contributed by atoms with Crippen LogP contribution < -0.4 is 0 Å². The molecule has 3 aromatic rings. The van der Waals surface area contributed by atoms with Crippen LogP contribution in [-0.2, 0) is 4.79 Å². The van der Waals surface area contributed by atoms with Crippen LogP contribution in [0.2, 0.25) is 5.02 Å². The van der Waals surface area contributed by atoms with E-state index < -0.39 is 0 Å². The first-order valence-electron chi connectivity index (χ1n) is 8.67. The molecule has 27 heavy (non-hydrogen) atoms. The lowest BCUT2D eigenvalue weighted by Crippen LogP contribution is -2.31. The molecule has 0 atom stereocenters. The number of aromatic nitrogens is 4. The second kappa shape index (κ2) is 9.01. The quantitative estimate of drug-likeness (QED) is 0.561. The number of carbonyl (C=O) groups is 1. The van der Waals surface area contributed by atoms with Gasteiger partial charge in [0.2, 0.25) is 5.91 Å². The number of benzene rings is 1. The SMILES string of the molecule is CCN(CC)C(=O)CSc1nnc(-c2ccccn2)n1-c1ccc(Cl)cc1. The van der Waals surface area contributed by atoms with Crippen LogP contribution in [0.1, 0.15) is 13.8 Å². The van der Waals surface area contributed by atoms with E-state index in [1.807, 2.05) is 60.9 Å². The maximum absolute atomic E-state index is 12.4. The van der Waals surface area contributed by atoms with Crippen LogP contribution in [0.25, 0.3) is 17.2 Å². The second-order valence-corrected chi connectivity index (χ2v) is 7.07. The topological polar surface area (TPSA) is 63.9 Å². The number of thioether (sulfide) groups is 1. The van der Waals surface area contributed by atoms with Gasteiger partial charge < -0.3 is 4.90 Å². The molecule has 2 heterocycles. The first kappa shape index (κ1) is 19.4. The molecule has 0 fully saturated rings. The molecule has 0 saturated heterocycles. The van der Waals surface area contributed by atoms with E-state index in [0.717, 1.165) is 5.69 Å². The summed E-state index contributed by atoms with van der Waals surface area (Å²) in [6, 6.07) is 13.1. The summed E-state index contributed by atoms with van der Waals surface area (Å²) in [6.45, 7) is 5.33. The van der Waals surface area contributed by atoms with Gasteiger partial charge in [0.25, 0.3) is 0 Å². The zero-order valence-corrected chi connectivity index (χ0v) is 16.7. The van der Waals surface area contributed by atoms with E-state index in [2.05, 4.69) is 15.2 Å². The van der Waals surface area contributed by atoms with Gasteiger partial charge in [-0.25, -0.2) is 0 Å². The number of pyridine rings is 1. The van der Waals surface area contributed by atoms with Gasteiger partial charge in [0.05, 0.1) is 5.75 Å². The van der Waals surface area contributed by atoms with Crippen molar-refractivity contribution >= 4 is 29.3 Å². The van der Waals surface area contributed by atoms with Gasteiger partial charge in [-0.1, -0.05) is 29.4 Å². The molecule has 2 aromatic heterocycles. The fraction of sp³-hybridized carbons (Fsp3) is 0.263. The van der Waals surface area contributed by atoms with E-state index >= 15 is 0 Å². The average molecular weight is 402 g/mol. The Labute approximate surface area is 167 Å².